The van der Waals surface area contributed by atoms with Gasteiger partial charge < -0.3 is 0 Å². The second-order valence-corrected chi connectivity index (χ2v) is 17.2. The molecule has 0 aromatic heterocycles. The zero-order valence-corrected chi connectivity index (χ0v) is 20.0. The van der Waals surface area contributed by atoms with E-state index in [1.807, 2.05) is 0 Å². The van der Waals surface area contributed by atoms with Crippen molar-refractivity contribution < 1.29 is 0 Å². The number of halogens is 2. The Kier molecular flexibility index (Phi) is 5.73. The summed E-state index contributed by atoms with van der Waals surface area (Å²) in [5.41, 5.74) is 1.35. The molecule has 4 aromatic carbocycles. The van der Waals surface area contributed by atoms with Crippen LogP contribution in [0.5, 0.6) is 0 Å². The Bertz CT molecular complexity index is 966. The topological polar surface area (TPSA) is 0 Å². The second-order valence-electron chi connectivity index (χ2n) is 6.98. The van der Waals surface area contributed by atoms with Gasteiger partial charge in [-0.2, -0.15) is 0 Å². The summed E-state index contributed by atoms with van der Waals surface area (Å²) in [5.74, 6) is 0. The Morgan fingerprint density at radius 2 is 1.00 bits per heavy atom. The second kappa shape index (κ2) is 8.10. The van der Waals surface area contributed by atoms with Crippen molar-refractivity contribution >= 4 is 59.3 Å². The van der Waals surface area contributed by atoms with Crippen molar-refractivity contribution in [1.29, 1.82) is 0 Å². The van der Waals surface area contributed by atoms with Crippen molar-refractivity contribution in [2.45, 2.75) is 6.16 Å². The van der Waals surface area contributed by atoms with E-state index in [0.29, 0.717) is 0 Å². The van der Waals surface area contributed by atoms with Crippen LogP contribution in [0.4, 0.5) is 0 Å². The summed E-state index contributed by atoms with van der Waals surface area (Å²) in [6.45, 7) is 0. The Hall–Kier alpha value is -1.48. The van der Waals surface area contributed by atoms with Gasteiger partial charge in [-0.15, -0.1) is 0 Å². The Morgan fingerprint density at radius 3 is 1.39 bits per heavy atom. The van der Waals surface area contributed by atoms with Crippen molar-refractivity contribution in [2.75, 3.05) is 0 Å². The standard InChI is InChI=1S/C25H21BrIP/c26-28(23-13-4-1-5-14-23,24-15-6-2-7-16-24,25-17-8-3-9-18-25)20-21-11-10-12-22(27)19-21/h1-19H,20H2. The molecule has 4 aromatic rings. The molecule has 0 bridgehead atoms. The molecule has 3 heteroatoms. The molecule has 0 aliphatic heterocycles. The molecule has 0 N–H and O–H groups in total. The molecular formula is C25H21BrIP. The van der Waals surface area contributed by atoms with E-state index in [-0.39, 0.29) is 0 Å². The van der Waals surface area contributed by atoms with Crippen LogP contribution >= 0.6 is 43.4 Å². The first-order valence-corrected chi connectivity index (χ1v) is 14.8. The molecule has 0 amide bonds. The van der Waals surface area contributed by atoms with Gasteiger partial charge >= 0.3 is 190 Å². The Morgan fingerprint density at radius 1 is 0.571 bits per heavy atom. The van der Waals surface area contributed by atoms with Crippen LogP contribution in [0.25, 0.3) is 0 Å². The number of rotatable bonds is 5. The van der Waals surface area contributed by atoms with E-state index in [2.05, 4.69) is 153 Å². The van der Waals surface area contributed by atoms with E-state index in [0.717, 1.165) is 6.16 Å². The van der Waals surface area contributed by atoms with Crippen LogP contribution in [0, 0.1) is 3.57 Å². The van der Waals surface area contributed by atoms with E-state index < -0.39 is 5.31 Å². The predicted octanol–water partition coefficient (Wildman–Crippen LogP) is 6.63. The van der Waals surface area contributed by atoms with Crippen molar-refractivity contribution in [1.82, 2.24) is 0 Å². The molecule has 140 valence electrons. The average molecular weight is 559 g/mol. The number of hydrogen-bond donors (Lipinski definition) is 0. The molecule has 0 radical (unpaired) electrons. The molecule has 0 saturated heterocycles. The quantitative estimate of drug-likeness (QED) is 0.190. The van der Waals surface area contributed by atoms with Gasteiger partial charge in [0.1, 0.15) is 0 Å². The van der Waals surface area contributed by atoms with Crippen LogP contribution < -0.4 is 15.9 Å². The van der Waals surface area contributed by atoms with Gasteiger partial charge in [-0.25, -0.2) is 0 Å². The van der Waals surface area contributed by atoms with Crippen molar-refractivity contribution in [3.8, 4) is 0 Å². The first-order valence-electron chi connectivity index (χ1n) is 9.25. The normalized spacial score (nSPS) is 12.9. The molecule has 0 atom stereocenters. The SMILES string of the molecule is BrP(Cc1cccc(I)c1)(c1ccccc1)(c1ccccc1)c1ccccc1. The molecule has 0 saturated carbocycles. The van der Waals surface area contributed by atoms with Crippen LogP contribution in [0.2, 0.25) is 0 Å². The number of hydrogen-bond acceptors (Lipinski definition) is 0. The zero-order chi connectivity index (χ0) is 19.5. The predicted molar refractivity (Wildman–Crippen MR) is 137 cm³/mol. The fourth-order valence-electron chi connectivity index (χ4n) is 3.92. The van der Waals surface area contributed by atoms with Gasteiger partial charge in [-0.1, -0.05) is 0 Å². The van der Waals surface area contributed by atoms with Gasteiger partial charge in [-0.3, -0.25) is 0 Å². The summed E-state index contributed by atoms with van der Waals surface area (Å²) in [6, 6.07) is 41.7. The minimum atomic E-state index is -2.89. The summed E-state index contributed by atoms with van der Waals surface area (Å²) in [4.78, 5) is 0. The Balaban J connectivity index is 2.09. The van der Waals surface area contributed by atoms with Gasteiger partial charge in [0.05, 0.1) is 0 Å². The summed E-state index contributed by atoms with van der Waals surface area (Å²) < 4.78 is 1.27. The molecule has 0 fully saturated rings. The maximum atomic E-state index is 4.51. The monoisotopic (exact) mass is 558 g/mol. The molecule has 0 heterocycles. The van der Waals surface area contributed by atoms with Crippen LogP contribution in [0.3, 0.4) is 0 Å². The summed E-state index contributed by atoms with van der Waals surface area (Å²) in [5, 5.41) is 1.16. The van der Waals surface area contributed by atoms with E-state index in [9.17, 15) is 0 Å². The molecular weight excluding hydrogens is 538 g/mol. The van der Waals surface area contributed by atoms with Crippen LogP contribution in [0.15, 0.2) is 115 Å². The molecule has 0 unspecified atom stereocenters. The number of benzene rings is 4. The molecule has 0 aliphatic carbocycles. The molecule has 0 spiro atoms. The molecule has 4 rings (SSSR count). The maximum absolute atomic E-state index is 4.51. The third kappa shape index (κ3) is 3.47. The van der Waals surface area contributed by atoms with Crippen molar-refractivity contribution in [3.05, 3.63) is 124 Å². The van der Waals surface area contributed by atoms with Gasteiger partial charge in [0, 0.05) is 0 Å². The summed E-state index contributed by atoms with van der Waals surface area (Å²) in [7, 11) is 0. The first-order chi connectivity index (χ1) is 13.6. The van der Waals surface area contributed by atoms with E-state index in [4.69, 9.17) is 0 Å². The zero-order valence-electron chi connectivity index (χ0n) is 15.4. The summed E-state index contributed by atoms with van der Waals surface area (Å²) >= 11 is 6.91. The average Bonchev–Trinajstić information content (AvgIpc) is 2.76. The van der Waals surface area contributed by atoms with Gasteiger partial charge in [0.25, 0.3) is 0 Å². The third-order valence-electron chi connectivity index (χ3n) is 5.25. The fourth-order valence-corrected chi connectivity index (χ4v) is 12.2. The van der Waals surface area contributed by atoms with Crippen molar-refractivity contribution in [2.24, 2.45) is 0 Å². The van der Waals surface area contributed by atoms with E-state index in [1.54, 1.807) is 0 Å². The van der Waals surface area contributed by atoms with E-state index >= 15 is 0 Å². The van der Waals surface area contributed by atoms with Crippen molar-refractivity contribution in [3.63, 3.8) is 0 Å². The Labute approximate surface area is 188 Å². The van der Waals surface area contributed by atoms with Crippen LogP contribution in [-0.2, 0) is 6.16 Å². The molecule has 0 aliphatic rings. The summed E-state index contributed by atoms with van der Waals surface area (Å²) in [6.07, 6.45) is 0.931. The fraction of sp³-hybridized carbons (Fsp3) is 0.0400. The van der Waals surface area contributed by atoms with Gasteiger partial charge in [0.15, 0.2) is 0 Å². The molecule has 0 nitrogen and oxygen atoms in total. The van der Waals surface area contributed by atoms with E-state index in [1.165, 1.54) is 25.0 Å². The van der Waals surface area contributed by atoms with Crippen LogP contribution in [0.1, 0.15) is 5.56 Å². The van der Waals surface area contributed by atoms with Gasteiger partial charge in [-0.05, 0) is 0 Å². The third-order valence-corrected chi connectivity index (χ3v) is 15.4. The minimum absolute atomic E-state index is 0.931. The molecule has 28 heavy (non-hydrogen) atoms. The van der Waals surface area contributed by atoms with Crippen LogP contribution in [-0.4, -0.2) is 0 Å². The first kappa shape index (κ1) is 19.8. The van der Waals surface area contributed by atoms with Gasteiger partial charge in [0.2, 0.25) is 0 Å².